The molecular weight excluding hydrogens is 508 g/mol. The number of rotatable bonds is 10. The van der Waals surface area contributed by atoms with E-state index in [4.69, 9.17) is 25.3 Å². The summed E-state index contributed by atoms with van der Waals surface area (Å²) in [4.78, 5) is 13.3. The van der Waals surface area contributed by atoms with Gasteiger partial charge in [-0.3, -0.25) is 4.68 Å². The number of fused-ring (bicyclic) bond motifs is 1. The molecule has 5 heterocycles. The van der Waals surface area contributed by atoms with Gasteiger partial charge in [-0.25, -0.2) is 9.97 Å². The number of likely N-dealkylation sites (tertiary alicyclic amines) is 1. The van der Waals surface area contributed by atoms with Gasteiger partial charge in [0.2, 0.25) is 0 Å². The summed E-state index contributed by atoms with van der Waals surface area (Å²) in [6.07, 6.45) is 9.61. The molecule has 0 bridgehead atoms. The number of nitrogens with two attached hydrogens (primary N) is 1. The van der Waals surface area contributed by atoms with Crippen LogP contribution in [0.4, 0.5) is 5.00 Å². The highest BCUT2D eigenvalue weighted by molar-refractivity contribution is 7.16. The van der Waals surface area contributed by atoms with Gasteiger partial charge in [0.05, 0.1) is 23.0 Å². The predicted molar refractivity (Wildman–Crippen MR) is 156 cm³/mol. The number of unbranched alkanes of at least 4 members (excludes halogenated alkanes) is 1. The van der Waals surface area contributed by atoms with Crippen LogP contribution in [0.15, 0.2) is 10.7 Å². The Bertz CT molecular complexity index is 1510. The van der Waals surface area contributed by atoms with Crippen molar-refractivity contribution in [3.05, 3.63) is 27.9 Å². The molecule has 1 fully saturated rings. The number of nitriles is 1. The third kappa shape index (κ3) is 5.06. The Hall–Kier alpha value is -3.29. The Kier molecular flexibility index (Phi) is 8.01. The number of likely N-dealkylation sites (N-methyl/N-ethyl adjacent to an activating group) is 1. The van der Waals surface area contributed by atoms with Gasteiger partial charge in [-0.1, -0.05) is 31.8 Å². The van der Waals surface area contributed by atoms with Crippen molar-refractivity contribution < 1.29 is 4.52 Å². The summed E-state index contributed by atoms with van der Waals surface area (Å²) >= 11 is 1.47. The molecule has 1 saturated heterocycles. The number of nitrogens with zero attached hydrogens (tertiary/aromatic N) is 7. The third-order valence-electron chi connectivity index (χ3n) is 7.71. The molecule has 4 aromatic rings. The van der Waals surface area contributed by atoms with Crippen LogP contribution < -0.4 is 5.73 Å². The fourth-order valence-corrected chi connectivity index (χ4v) is 6.73. The van der Waals surface area contributed by atoms with E-state index >= 15 is 0 Å². The second-order valence-electron chi connectivity index (χ2n) is 10.8. The Morgan fingerprint density at radius 3 is 2.74 bits per heavy atom. The van der Waals surface area contributed by atoms with Crippen molar-refractivity contribution in [3.8, 4) is 28.9 Å². The van der Waals surface area contributed by atoms with Crippen LogP contribution in [0.1, 0.15) is 87.5 Å². The van der Waals surface area contributed by atoms with Gasteiger partial charge in [-0.2, -0.15) is 10.4 Å². The fourth-order valence-electron chi connectivity index (χ4n) is 5.61. The number of aromatic nitrogens is 5. The Labute approximate surface area is 234 Å². The van der Waals surface area contributed by atoms with Crippen molar-refractivity contribution in [2.45, 2.75) is 91.1 Å². The minimum atomic E-state index is 0.196. The molecule has 4 aromatic heterocycles. The zero-order valence-electron chi connectivity index (χ0n) is 23.6. The molecule has 0 saturated carbocycles. The second-order valence-corrected chi connectivity index (χ2v) is 12.0. The van der Waals surface area contributed by atoms with E-state index in [9.17, 15) is 5.26 Å². The molecule has 5 rings (SSSR count). The summed E-state index contributed by atoms with van der Waals surface area (Å²) in [6, 6.07) is 2.97. The maximum absolute atomic E-state index is 9.94. The molecule has 1 aliphatic rings. The van der Waals surface area contributed by atoms with Crippen LogP contribution in [0.5, 0.6) is 0 Å². The van der Waals surface area contributed by atoms with E-state index < -0.39 is 0 Å². The molecule has 1 atom stereocenters. The van der Waals surface area contributed by atoms with Crippen molar-refractivity contribution in [1.29, 1.82) is 5.26 Å². The third-order valence-corrected chi connectivity index (χ3v) is 8.79. The first-order chi connectivity index (χ1) is 18.9. The Morgan fingerprint density at radius 1 is 1.26 bits per heavy atom. The average Bonchev–Trinajstić information content (AvgIpc) is 3.68. The zero-order chi connectivity index (χ0) is 27.7. The molecule has 10 heteroatoms. The van der Waals surface area contributed by atoms with Gasteiger partial charge in [0.15, 0.2) is 17.3 Å². The minimum Gasteiger partial charge on any atom is -0.389 e. The van der Waals surface area contributed by atoms with E-state index in [1.807, 2.05) is 10.9 Å². The lowest BCUT2D eigenvalue weighted by atomic mass is 9.98. The molecule has 9 nitrogen and oxygen atoms in total. The number of hydrogen-bond donors (Lipinski definition) is 1. The monoisotopic (exact) mass is 546 g/mol. The quantitative estimate of drug-likeness (QED) is 0.250. The van der Waals surface area contributed by atoms with Crippen LogP contribution in [0.3, 0.4) is 0 Å². The van der Waals surface area contributed by atoms with Gasteiger partial charge >= 0.3 is 0 Å². The summed E-state index contributed by atoms with van der Waals surface area (Å²) < 4.78 is 8.05. The summed E-state index contributed by atoms with van der Waals surface area (Å²) in [5.74, 6) is 1.16. The van der Waals surface area contributed by atoms with E-state index in [0.717, 1.165) is 77.8 Å². The average molecular weight is 547 g/mol. The van der Waals surface area contributed by atoms with Crippen LogP contribution in [0.25, 0.3) is 33.9 Å². The van der Waals surface area contributed by atoms with Crippen LogP contribution in [-0.2, 0) is 19.3 Å². The highest BCUT2D eigenvalue weighted by Gasteiger charge is 2.29. The lowest BCUT2D eigenvalue weighted by molar-refractivity contribution is 0.307. The highest BCUT2D eigenvalue weighted by Crippen LogP contribution is 2.43. The van der Waals surface area contributed by atoms with E-state index in [-0.39, 0.29) is 6.04 Å². The van der Waals surface area contributed by atoms with Crippen LogP contribution in [-0.4, -0.2) is 49.4 Å². The molecule has 0 aromatic carbocycles. The normalized spacial score (nSPS) is 16.1. The summed E-state index contributed by atoms with van der Waals surface area (Å²) in [6.45, 7) is 9.66. The van der Waals surface area contributed by atoms with Crippen molar-refractivity contribution >= 4 is 27.4 Å². The largest absolute Gasteiger partial charge is 0.389 e. The number of nitrogen functional groups attached to an aromatic ring is 1. The Morgan fingerprint density at radius 2 is 2.08 bits per heavy atom. The first-order valence-corrected chi connectivity index (χ1v) is 14.9. The number of anilines is 1. The number of thiophene rings is 1. The maximum Gasteiger partial charge on any atom is 0.182 e. The molecule has 0 spiro atoms. The maximum atomic E-state index is 9.94. The zero-order valence-corrected chi connectivity index (χ0v) is 24.4. The van der Waals surface area contributed by atoms with Gasteiger partial charge in [0, 0.05) is 28.9 Å². The second kappa shape index (κ2) is 11.4. The first kappa shape index (κ1) is 27.3. The number of aryl methyl sites for hydroxylation is 1. The molecule has 0 radical (unpaired) electrons. The van der Waals surface area contributed by atoms with Gasteiger partial charge in [-0.05, 0) is 59.5 Å². The van der Waals surface area contributed by atoms with Gasteiger partial charge in [0.25, 0.3) is 0 Å². The SMILES string of the molecule is CCCCc1c(-c2ncc3c(n2)c(CC2CCCN2C)nn3C(C)C)noc1-c1c(CCC)sc(N)c1C#N. The highest BCUT2D eigenvalue weighted by atomic mass is 32.1. The predicted octanol–water partition coefficient (Wildman–Crippen LogP) is 6.18. The lowest BCUT2D eigenvalue weighted by Crippen LogP contribution is -2.27. The molecule has 1 aliphatic heterocycles. The molecule has 2 N–H and O–H groups in total. The van der Waals surface area contributed by atoms with Crippen molar-refractivity contribution in [1.82, 2.24) is 29.8 Å². The standard InChI is InChI=1S/C29H38N8OS/c1-6-8-12-19-25(35-38-27(19)24-20(15-30)28(31)39-23(24)10-7-2)29-32-16-22-26(33-29)21(34-37(22)17(3)4)14-18-11-9-13-36(18)5/h16-18H,6-14,31H2,1-5H3. The first-order valence-electron chi connectivity index (χ1n) is 14.1. The summed E-state index contributed by atoms with van der Waals surface area (Å²) in [5, 5.41) is 20.0. The summed E-state index contributed by atoms with van der Waals surface area (Å²) in [5.41, 5.74) is 11.9. The van der Waals surface area contributed by atoms with E-state index in [1.165, 1.54) is 24.2 Å². The van der Waals surface area contributed by atoms with Crippen molar-refractivity contribution in [2.24, 2.45) is 0 Å². The van der Waals surface area contributed by atoms with E-state index in [2.05, 4.69) is 50.9 Å². The topological polar surface area (TPSA) is 123 Å². The van der Waals surface area contributed by atoms with Gasteiger partial charge in [-0.15, -0.1) is 11.3 Å². The van der Waals surface area contributed by atoms with Gasteiger partial charge in [0.1, 0.15) is 22.1 Å². The van der Waals surface area contributed by atoms with Crippen LogP contribution in [0.2, 0.25) is 0 Å². The van der Waals surface area contributed by atoms with Crippen molar-refractivity contribution in [3.63, 3.8) is 0 Å². The molecule has 0 aliphatic carbocycles. The number of hydrogen-bond acceptors (Lipinski definition) is 9. The molecular formula is C29H38N8OS. The Balaban J connectivity index is 1.65. The molecule has 39 heavy (non-hydrogen) atoms. The van der Waals surface area contributed by atoms with Crippen LogP contribution >= 0.6 is 11.3 Å². The van der Waals surface area contributed by atoms with Crippen LogP contribution in [0, 0.1) is 11.3 Å². The van der Waals surface area contributed by atoms with Gasteiger partial charge < -0.3 is 15.2 Å². The van der Waals surface area contributed by atoms with E-state index in [1.54, 1.807) is 0 Å². The lowest BCUT2D eigenvalue weighted by Gasteiger charge is -2.18. The molecule has 0 amide bonds. The summed E-state index contributed by atoms with van der Waals surface area (Å²) in [7, 11) is 2.19. The van der Waals surface area contributed by atoms with E-state index in [0.29, 0.717) is 33.9 Å². The molecule has 206 valence electrons. The smallest absolute Gasteiger partial charge is 0.182 e. The fraction of sp³-hybridized carbons (Fsp3) is 0.552. The molecule has 1 unspecified atom stereocenters. The van der Waals surface area contributed by atoms with Crippen molar-refractivity contribution in [2.75, 3.05) is 19.3 Å². The minimum absolute atomic E-state index is 0.196.